The van der Waals surface area contributed by atoms with Crippen LogP contribution in [0, 0.1) is 4.91 Å². The molecule has 112 valence electrons. The third kappa shape index (κ3) is 3.68. The Morgan fingerprint density at radius 1 is 1.29 bits per heavy atom. The third-order valence-electron chi connectivity index (χ3n) is 3.21. The fourth-order valence-corrected chi connectivity index (χ4v) is 2.05. The Morgan fingerprint density at radius 2 is 2.00 bits per heavy atom. The molecule has 0 spiro atoms. The topological polar surface area (TPSA) is 99.5 Å². The van der Waals surface area contributed by atoms with Crippen LogP contribution in [0.3, 0.4) is 0 Å². The lowest BCUT2D eigenvalue weighted by molar-refractivity contribution is -0.145. The number of carboxylic acid groups (broad SMARTS) is 1. The highest BCUT2D eigenvalue weighted by Gasteiger charge is 2.35. The smallest absolute Gasteiger partial charge is 0.410 e. The molecule has 21 heavy (non-hydrogen) atoms. The summed E-state index contributed by atoms with van der Waals surface area (Å²) in [5, 5.41) is 12.6. The van der Waals surface area contributed by atoms with Crippen LogP contribution in [0.2, 0.25) is 0 Å². The number of rotatable bonds is 4. The van der Waals surface area contributed by atoms with Gasteiger partial charge in [-0.2, -0.15) is 0 Å². The van der Waals surface area contributed by atoms with E-state index >= 15 is 0 Å². The molecule has 8 nitrogen and oxygen atoms in total. The largest absolute Gasteiger partial charge is 0.480 e. The van der Waals surface area contributed by atoms with Crippen molar-refractivity contribution in [3.05, 3.63) is 40.8 Å². The number of benzene rings is 1. The van der Waals surface area contributed by atoms with Gasteiger partial charge in [0.1, 0.15) is 6.61 Å². The number of ether oxygens (including phenoxy) is 1. The molecule has 1 aliphatic heterocycles. The summed E-state index contributed by atoms with van der Waals surface area (Å²) in [5.74, 6) is -1.20. The van der Waals surface area contributed by atoms with Crippen molar-refractivity contribution in [2.24, 2.45) is 5.29 Å². The molecule has 1 N–H and O–H groups in total. The number of carbonyl (C=O) groups excluding carboxylic acids is 1. The normalized spacial score (nSPS) is 18.2. The van der Waals surface area contributed by atoms with Gasteiger partial charge in [-0.15, -0.1) is 4.91 Å². The number of nitroso groups, excluding NO2 is 1. The molecule has 8 heteroatoms. The number of hydrogen-bond donors (Lipinski definition) is 1. The number of carboxylic acids is 1. The average Bonchev–Trinajstić information content (AvgIpc) is 2.52. The number of hydrogen-bond acceptors (Lipinski definition) is 5. The van der Waals surface area contributed by atoms with Crippen molar-refractivity contribution in [2.75, 3.05) is 19.6 Å². The summed E-state index contributed by atoms with van der Waals surface area (Å²) >= 11 is 0. The molecule has 1 aromatic rings. The van der Waals surface area contributed by atoms with Crippen molar-refractivity contribution in [3.8, 4) is 0 Å². The molecule has 0 bridgehead atoms. The molecular formula is C13H15N3O5. The standard InChI is InChI=1S/C13H15N3O5/c17-12(18)11-8-15(6-7-16(11)14-20)13(19)21-9-10-4-2-1-3-5-10/h1-5,11H,6-9H2,(H,17,18). The van der Waals surface area contributed by atoms with Crippen LogP contribution in [0.1, 0.15) is 5.56 Å². The molecule has 1 aliphatic rings. The van der Waals surface area contributed by atoms with Gasteiger partial charge in [-0.25, -0.2) is 14.6 Å². The van der Waals surface area contributed by atoms with Crippen LogP contribution in [0.25, 0.3) is 0 Å². The van der Waals surface area contributed by atoms with E-state index < -0.39 is 18.1 Å². The molecule has 1 fully saturated rings. The molecule has 1 unspecified atom stereocenters. The van der Waals surface area contributed by atoms with E-state index in [2.05, 4.69) is 5.29 Å². The summed E-state index contributed by atoms with van der Waals surface area (Å²) in [6.45, 7) is 0.252. The zero-order valence-electron chi connectivity index (χ0n) is 11.2. The van der Waals surface area contributed by atoms with Gasteiger partial charge < -0.3 is 14.7 Å². The van der Waals surface area contributed by atoms with Crippen molar-refractivity contribution in [1.29, 1.82) is 0 Å². The summed E-state index contributed by atoms with van der Waals surface area (Å²) < 4.78 is 5.13. The number of amides is 1. The van der Waals surface area contributed by atoms with Gasteiger partial charge in [-0.3, -0.25) is 0 Å². The highest BCUT2D eigenvalue weighted by atomic mass is 16.6. The predicted molar refractivity (Wildman–Crippen MR) is 72.1 cm³/mol. The molecule has 0 aliphatic carbocycles. The van der Waals surface area contributed by atoms with Gasteiger partial charge in [0.05, 0.1) is 18.4 Å². The Morgan fingerprint density at radius 3 is 2.62 bits per heavy atom. The minimum absolute atomic E-state index is 0.0703. The number of nitrogens with zero attached hydrogens (tertiary/aromatic N) is 3. The molecule has 1 aromatic carbocycles. The highest BCUT2D eigenvalue weighted by Crippen LogP contribution is 2.12. The van der Waals surface area contributed by atoms with E-state index in [1.165, 1.54) is 4.90 Å². The van der Waals surface area contributed by atoms with E-state index in [-0.39, 0.29) is 26.2 Å². The second-order valence-corrected chi connectivity index (χ2v) is 4.58. The minimum atomic E-state index is -1.20. The quantitative estimate of drug-likeness (QED) is 0.834. The molecule has 1 atom stereocenters. The van der Waals surface area contributed by atoms with Gasteiger partial charge in [0.2, 0.25) is 0 Å². The maximum absolute atomic E-state index is 11.9. The zero-order chi connectivity index (χ0) is 15.2. The number of piperazine rings is 1. The summed E-state index contributed by atoms with van der Waals surface area (Å²) in [6.07, 6.45) is -0.601. The SMILES string of the molecule is O=NN1CCN(C(=O)OCc2ccccc2)CC1C(=O)O. The first-order chi connectivity index (χ1) is 10.1. The first-order valence-corrected chi connectivity index (χ1v) is 6.40. The summed E-state index contributed by atoms with van der Waals surface area (Å²) in [5.41, 5.74) is 0.842. The van der Waals surface area contributed by atoms with Gasteiger partial charge >= 0.3 is 12.1 Å². The first kappa shape index (κ1) is 14.8. The predicted octanol–water partition coefficient (Wildman–Crippen LogP) is 1.08. The van der Waals surface area contributed by atoms with E-state index in [9.17, 15) is 14.5 Å². The summed E-state index contributed by atoms with van der Waals surface area (Å²) in [6, 6.07) is 8.02. The van der Waals surface area contributed by atoms with Gasteiger partial charge in [-0.1, -0.05) is 30.3 Å². The van der Waals surface area contributed by atoms with Crippen LogP contribution < -0.4 is 0 Å². The monoisotopic (exact) mass is 293 g/mol. The van der Waals surface area contributed by atoms with Crippen LogP contribution in [0.4, 0.5) is 4.79 Å². The Bertz CT molecular complexity index is 522. The fourth-order valence-electron chi connectivity index (χ4n) is 2.05. The minimum Gasteiger partial charge on any atom is -0.480 e. The van der Waals surface area contributed by atoms with Crippen molar-refractivity contribution >= 4 is 12.1 Å². The van der Waals surface area contributed by atoms with E-state index in [0.29, 0.717) is 0 Å². The maximum Gasteiger partial charge on any atom is 0.410 e. The molecule has 1 saturated heterocycles. The maximum atomic E-state index is 11.9. The van der Waals surface area contributed by atoms with Crippen LogP contribution in [0.5, 0.6) is 0 Å². The second-order valence-electron chi connectivity index (χ2n) is 4.58. The summed E-state index contributed by atoms with van der Waals surface area (Å²) in [4.78, 5) is 34.8. The van der Waals surface area contributed by atoms with Crippen molar-refractivity contribution in [1.82, 2.24) is 9.91 Å². The van der Waals surface area contributed by atoms with Gasteiger partial charge in [-0.05, 0) is 5.56 Å². The zero-order valence-corrected chi connectivity index (χ0v) is 11.2. The lowest BCUT2D eigenvalue weighted by atomic mass is 10.2. The second kappa shape index (κ2) is 6.69. The van der Waals surface area contributed by atoms with Crippen molar-refractivity contribution < 1.29 is 19.4 Å². The Labute approximate surface area is 120 Å². The van der Waals surface area contributed by atoms with Crippen LogP contribution >= 0.6 is 0 Å². The molecule has 0 radical (unpaired) electrons. The molecular weight excluding hydrogens is 278 g/mol. The van der Waals surface area contributed by atoms with Crippen molar-refractivity contribution in [2.45, 2.75) is 12.6 Å². The van der Waals surface area contributed by atoms with E-state index in [4.69, 9.17) is 9.84 Å². The third-order valence-corrected chi connectivity index (χ3v) is 3.21. The van der Waals surface area contributed by atoms with Gasteiger partial charge in [0, 0.05) is 6.54 Å². The first-order valence-electron chi connectivity index (χ1n) is 6.40. The Balaban J connectivity index is 1.91. The van der Waals surface area contributed by atoms with Crippen molar-refractivity contribution in [3.63, 3.8) is 0 Å². The number of aliphatic carboxylic acids is 1. The lowest BCUT2D eigenvalue weighted by Crippen LogP contribution is -2.55. The Hall–Kier alpha value is -2.64. The molecule has 1 amide bonds. The summed E-state index contributed by atoms with van der Waals surface area (Å²) in [7, 11) is 0. The lowest BCUT2D eigenvalue weighted by Gasteiger charge is -2.35. The van der Waals surface area contributed by atoms with Crippen LogP contribution in [-0.4, -0.2) is 52.8 Å². The molecule has 0 saturated carbocycles. The van der Waals surface area contributed by atoms with E-state index in [0.717, 1.165) is 10.6 Å². The van der Waals surface area contributed by atoms with Crippen LogP contribution in [-0.2, 0) is 16.1 Å². The van der Waals surface area contributed by atoms with E-state index in [1.54, 1.807) is 0 Å². The van der Waals surface area contributed by atoms with E-state index in [1.807, 2.05) is 30.3 Å². The van der Waals surface area contributed by atoms with Gasteiger partial charge in [0.25, 0.3) is 0 Å². The molecule has 2 rings (SSSR count). The molecule has 1 heterocycles. The molecule has 0 aromatic heterocycles. The number of carbonyl (C=O) groups is 2. The Kier molecular flexibility index (Phi) is 4.70. The average molecular weight is 293 g/mol. The fraction of sp³-hybridized carbons (Fsp3) is 0.385. The highest BCUT2D eigenvalue weighted by molar-refractivity contribution is 5.76. The van der Waals surface area contributed by atoms with Gasteiger partial charge in [0.15, 0.2) is 6.04 Å². The van der Waals surface area contributed by atoms with Crippen LogP contribution in [0.15, 0.2) is 35.6 Å².